The van der Waals surface area contributed by atoms with E-state index in [0.29, 0.717) is 18.6 Å². The average molecular weight is 297 g/mol. The van der Waals surface area contributed by atoms with Crippen molar-refractivity contribution in [1.82, 2.24) is 4.90 Å². The van der Waals surface area contributed by atoms with Gasteiger partial charge in [-0.05, 0) is 43.4 Å². The maximum atomic E-state index is 12.1. The fourth-order valence-electron chi connectivity index (χ4n) is 2.19. The van der Waals surface area contributed by atoms with Crippen molar-refractivity contribution in [3.8, 4) is 16.9 Å². The van der Waals surface area contributed by atoms with Gasteiger partial charge in [0.05, 0.1) is 0 Å². The zero-order chi connectivity index (χ0) is 15.9. The second-order valence-electron chi connectivity index (χ2n) is 5.54. The summed E-state index contributed by atoms with van der Waals surface area (Å²) in [6.07, 6.45) is 0.495. The van der Waals surface area contributed by atoms with Crippen LogP contribution < -0.4 is 4.74 Å². The van der Waals surface area contributed by atoms with Crippen molar-refractivity contribution in [2.75, 3.05) is 27.2 Å². The predicted molar refractivity (Wildman–Crippen MR) is 90.5 cm³/mol. The van der Waals surface area contributed by atoms with Gasteiger partial charge in [0.1, 0.15) is 12.4 Å². The number of rotatable bonds is 7. The Bertz CT molecular complexity index is 621. The second-order valence-corrected chi connectivity index (χ2v) is 5.54. The van der Waals surface area contributed by atoms with Gasteiger partial charge in [0.15, 0.2) is 5.78 Å². The van der Waals surface area contributed by atoms with Crippen LogP contribution in [0.1, 0.15) is 23.7 Å². The van der Waals surface area contributed by atoms with Crippen LogP contribution >= 0.6 is 0 Å². The molecule has 0 spiro atoms. The lowest BCUT2D eigenvalue weighted by Gasteiger charge is -2.13. The molecule has 2 aromatic rings. The second kappa shape index (κ2) is 7.76. The fraction of sp³-hybridized carbons (Fsp3) is 0.316. The monoisotopic (exact) mass is 297 g/mol. The lowest BCUT2D eigenvalue weighted by Crippen LogP contribution is -2.19. The minimum absolute atomic E-state index is 0.134. The summed E-state index contributed by atoms with van der Waals surface area (Å²) in [6, 6.07) is 15.8. The average Bonchev–Trinajstić information content (AvgIpc) is 2.54. The summed E-state index contributed by atoms with van der Waals surface area (Å²) in [4.78, 5) is 14.1. The van der Waals surface area contributed by atoms with Crippen molar-refractivity contribution in [2.45, 2.75) is 13.3 Å². The first-order valence-corrected chi connectivity index (χ1v) is 7.61. The normalized spacial score (nSPS) is 10.7. The number of ketones is 1. The molecule has 0 saturated heterocycles. The Hall–Kier alpha value is -2.13. The van der Waals surface area contributed by atoms with Gasteiger partial charge in [0, 0.05) is 18.5 Å². The zero-order valence-electron chi connectivity index (χ0n) is 13.5. The fourth-order valence-corrected chi connectivity index (χ4v) is 2.19. The number of nitrogens with zero attached hydrogens (tertiary/aromatic N) is 1. The van der Waals surface area contributed by atoms with Crippen LogP contribution in [0.5, 0.6) is 5.75 Å². The summed E-state index contributed by atoms with van der Waals surface area (Å²) >= 11 is 0. The molecular formula is C19H23NO2. The van der Waals surface area contributed by atoms with Gasteiger partial charge >= 0.3 is 0 Å². The maximum absolute atomic E-state index is 12.1. The van der Waals surface area contributed by atoms with Crippen molar-refractivity contribution in [2.24, 2.45) is 0 Å². The highest BCUT2D eigenvalue weighted by Crippen LogP contribution is 2.26. The Kier molecular flexibility index (Phi) is 5.73. The molecule has 0 N–H and O–H groups in total. The van der Waals surface area contributed by atoms with Crippen molar-refractivity contribution >= 4 is 5.78 Å². The number of hydrogen-bond acceptors (Lipinski definition) is 3. The number of benzene rings is 2. The summed E-state index contributed by atoms with van der Waals surface area (Å²) < 4.78 is 5.82. The first kappa shape index (κ1) is 16.2. The van der Waals surface area contributed by atoms with E-state index in [1.807, 2.05) is 69.6 Å². The molecule has 3 nitrogen and oxygen atoms in total. The molecule has 0 saturated carbocycles. The third-order valence-corrected chi connectivity index (χ3v) is 3.46. The molecular weight excluding hydrogens is 274 g/mol. The van der Waals surface area contributed by atoms with Crippen LogP contribution in [-0.4, -0.2) is 37.9 Å². The summed E-state index contributed by atoms with van der Waals surface area (Å²) in [7, 11) is 4.02. The van der Waals surface area contributed by atoms with E-state index in [0.717, 1.165) is 23.4 Å². The van der Waals surface area contributed by atoms with Crippen molar-refractivity contribution in [3.63, 3.8) is 0 Å². The van der Waals surface area contributed by atoms with E-state index in [-0.39, 0.29) is 5.78 Å². The topological polar surface area (TPSA) is 29.5 Å². The highest BCUT2D eigenvalue weighted by Gasteiger charge is 2.09. The molecule has 22 heavy (non-hydrogen) atoms. The summed E-state index contributed by atoms with van der Waals surface area (Å²) in [6.45, 7) is 3.32. The van der Waals surface area contributed by atoms with Crippen LogP contribution in [0.4, 0.5) is 0 Å². The maximum Gasteiger partial charge on any atom is 0.162 e. The van der Waals surface area contributed by atoms with Crippen molar-refractivity contribution < 1.29 is 9.53 Å². The van der Waals surface area contributed by atoms with E-state index in [1.54, 1.807) is 0 Å². The van der Waals surface area contributed by atoms with Crippen LogP contribution in [0, 0.1) is 0 Å². The molecule has 116 valence electrons. The molecule has 0 aliphatic heterocycles. The van der Waals surface area contributed by atoms with Crippen LogP contribution in [0.15, 0.2) is 48.5 Å². The Labute approximate surface area is 132 Å². The molecule has 0 aliphatic rings. The van der Waals surface area contributed by atoms with Crippen molar-refractivity contribution in [1.29, 1.82) is 0 Å². The van der Waals surface area contributed by atoms with Gasteiger partial charge in [-0.25, -0.2) is 0 Å². The zero-order valence-corrected chi connectivity index (χ0v) is 13.5. The summed E-state index contributed by atoms with van der Waals surface area (Å²) in [5.41, 5.74) is 2.81. The molecule has 0 radical (unpaired) electrons. The predicted octanol–water partition coefficient (Wildman–Crippen LogP) is 3.89. The molecule has 0 aliphatic carbocycles. The van der Waals surface area contributed by atoms with Crippen LogP contribution in [-0.2, 0) is 0 Å². The minimum atomic E-state index is 0.134. The number of likely N-dealkylation sites (N-methyl/N-ethyl adjacent to an activating group) is 1. The molecule has 2 rings (SSSR count). The molecule has 0 atom stereocenters. The Morgan fingerprint density at radius 2 is 1.77 bits per heavy atom. The molecule has 0 amide bonds. The highest BCUT2D eigenvalue weighted by molar-refractivity contribution is 5.97. The molecule has 0 fully saturated rings. The third-order valence-electron chi connectivity index (χ3n) is 3.46. The SMILES string of the molecule is CCC(=O)c1cc(OCCN(C)C)cc(-c2ccccc2)c1. The lowest BCUT2D eigenvalue weighted by molar-refractivity contribution is 0.0987. The van der Waals surface area contributed by atoms with E-state index in [2.05, 4.69) is 4.90 Å². The molecule has 0 heterocycles. The van der Waals surface area contributed by atoms with E-state index in [9.17, 15) is 4.79 Å². The lowest BCUT2D eigenvalue weighted by atomic mass is 10.00. The molecule has 0 unspecified atom stereocenters. The van der Waals surface area contributed by atoms with Gasteiger partial charge in [-0.2, -0.15) is 0 Å². The first-order chi connectivity index (χ1) is 10.6. The van der Waals surface area contributed by atoms with E-state index >= 15 is 0 Å². The van der Waals surface area contributed by atoms with Gasteiger partial charge in [0.2, 0.25) is 0 Å². The molecule has 0 aromatic heterocycles. The number of hydrogen-bond donors (Lipinski definition) is 0. The quantitative estimate of drug-likeness (QED) is 0.726. The largest absolute Gasteiger partial charge is 0.492 e. The standard InChI is InChI=1S/C19H23NO2/c1-4-19(21)17-12-16(15-8-6-5-7-9-15)13-18(14-17)22-11-10-20(2)3/h5-9,12-14H,4,10-11H2,1-3H3. The van der Waals surface area contributed by atoms with Crippen LogP contribution in [0.25, 0.3) is 11.1 Å². The van der Waals surface area contributed by atoms with Gasteiger partial charge < -0.3 is 9.64 Å². The Balaban J connectivity index is 2.30. The smallest absolute Gasteiger partial charge is 0.162 e. The molecule has 3 heteroatoms. The van der Waals surface area contributed by atoms with Crippen LogP contribution in [0.3, 0.4) is 0 Å². The summed E-state index contributed by atoms with van der Waals surface area (Å²) in [5.74, 6) is 0.884. The van der Waals surface area contributed by atoms with Gasteiger partial charge in [-0.15, -0.1) is 0 Å². The Morgan fingerprint density at radius 3 is 2.41 bits per heavy atom. The number of carbonyl (C=O) groups is 1. The first-order valence-electron chi connectivity index (χ1n) is 7.61. The number of Topliss-reactive ketones (excluding diaryl/α,β-unsaturated/α-hetero) is 1. The van der Waals surface area contributed by atoms with Gasteiger partial charge in [0.25, 0.3) is 0 Å². The van der Waals surface area contributed by atoms with Gasteiger partial charge in [-0.3, -0.25) is 4.79 Å². The van der Waals surface area contributed by atoms with Gasteiger partial charge in [-0.1, -0.05) is 37.3 Å². The molecule has 2 aromatic carbocycles. The number of carbonyl (C=O) groups excluding carboxylic acids is 1. The minimum Gasteiger partial charge on any atom is -0.492 e. The summed E-state index contributed by atoms with van der Waals surface area (Å²) in [5, 5.41) is 0. The van der Waals surface area contributed by atoms with E-state index in [1.165, 1.54) is 0 Å². The van der Waals surface area contributed by atoms with Crippen LogP contribution in [0.2, 0.25) is 0 Å². The number of ether oxygens (including phenoxy) is 1. The Morgan fingerprint density at radius 1 is 1.05 bits per heavy atom. The molecule has 0 bridgehead atoms. The highest BCUT2D eigenvalue weighted by atomic mass is 16.5. The van der Waals surface area contributed by atoms with Crippen molar-refractivity contribution in [3.05, 3.63) is 54.1 Å². The van der Waals surface area contributed by atoms with E-state index in [4.69, 9.17) is 4.74 Å². The third kappa shape index (κ3) is 4.43. The van der Waals surface area contributed by atoms with E-state index < -0.39 is 0 Å².